The van der Waals surface area contributed by atoms with Crippen molar-refractivity contribution in [2.45, 2.75) is 19.8 Å². The molecule has 1 aromatic rings. The summed E-state index contributed by atoms with van der Waals surface area (Å²) in [6.45, 7) is 2.59. The van der Waals surface area contributed by atoms with Crippen LogP contribution in [0.4, 0.5) is 10.5 Å². The average Bonchev–Trinajstić information content (AvgIpc) is 2.61. The summed E-state index contributed by atoms with van der Waals surface area (Å²) in [6.07, 6.45) is 1.26. The molecule has 1 fully saturated rings. The molecule has 0 saturated carbocycles. The van der Waals surface area contributed by atoms with Crippen molar-refractivity contribution in [3.05, 3.63) is 24.3 Å². The number of likely N-dealkylation sites (tertiary alicyclic amines) is 1. The molecule has 1 aliphatic rings. The molecule has 8 heteroatoms. The molecule has 1 aliphatic heterocycles. The molecule has 1 atom stereocenters. The highest BCUT2D eigenvalue weighted by Crippen LogP contribution is 2.19. The number of piperidine rings is 1. The van der Waals surface area contributed by atoms with Gasteiger partial charge in [-0.15, -0.1) is 0 Å². The van der Waals surface area contributed by atoms with Crippen molar-refractivity contribution in [3.8, 4) is 5.75 Å². The number of hydrogen-bond acceptors (Lipinski definition) is 5. The van der Waals surface area contributed by atoms with E-state index in [1.54, 1.807) is 31.2 Å². The molecule has 0 bridgehead atoms. The van der Waals surface area contributed by atoms with Crippen molar-refractivity contribution < 1.29 is 29.0 Å². The van der Waals surface area contributed by atoms with E-state index in [9.17, 15) is 14.4 Å². The number of benzene rings is 1. The standard InChI is InChI=1S/C17H22N2O6/c1-2-24-15(20)11-25-14-7-5-13(6-8-14)18-17(23)19-9-3-4-12(10-19)16(21)22/h5-8,12H,2-4,9-11H2,1H3,(H,18,23)(H,21,22). The van der Waals surface area contributed by atoms with Crippen molar-refractivity contribution >= 4 is 23.7 Å². The summed E-state index contributed by atoms with van der Waals surface area (Å²) in [5.41, 5.74) is 0.561. The van der Waals surface area contributed by atoms with E-state index in [2.05, 4.69) is 5.32 Å². The maximum absolute atomic E-state index is 12.2. The van der Waals surface area contributed by atoms with Crippen LogP contribution in [0.25, 0.3) is 0 Å². The number of ether oxygens (including phenoxy) is 2. The highest BCUT2D eigenvalue weighted by Gasteiger charge is 2.28. The Kier molecular flexibility index (Phi) is 6.62. The lowest BCUT2D eigenvalue weighted by molar-refractivity contribution is -0.145. The molecular formula is C17H22N2O6. The predicted octanol–water partition coefficient (Wildman–Crippen LogP) is 1.96. The number of rotatable bonds is 6. The number of carboxylic acids is 1. The number of urea groups is 1. The minimum absolute atomic E-state index is 0.177. The number of hydrogen-bond donors (Lipinski definition) is 2. The molecule has 8 nitrogen and oxygen atoms in total. The van der Waals surface area contributed by atoms with Gasteiger partial charge in [0.15, 0.2) is 6.61 Å². The van der Waals surface area contributed by atoms with Crippen LogP contribution in [0.3, 0.4) is 0 Å². The SMILES string of the molecule is CCOC(=O)COc1ccc(NC(=O)N2CCCC(C(=O)O)C2)cc1. The van der Waals surface area contributed by atoms with Gasteiger partial charge < -0.3 is 24.8 Å². The van der Waals surface area contributed by atoms with E-state index < -0.39 is 17.9 Å². The van der Waals surface area contributed by atoms with Crippen molar-refractivity contribution in [1.82, 2.24) is 4.90 Å². The molecule has 1 aromatic carbocycles. The summed E-state index contributed by atoms with van der Waals surface area (Å²) in [7, 11) is 0. The minimum atomic E-state index is -0.874. The lowest BCUT2D eigenvalue weighted by atomic mass is 9.99. The molecule has 1 saturated heterocycles. The Morgan fingerprint density at radius 2 is 2.00 bits per heavy atom. The van der Waals surface area contributed by atoms with Crippen LogP contribution in [-0.4, -0.2) is 54.3 Å². The summed E-state index contributed by atoms with van der Waals surface area (Å²) < 4.78 is 10.0. The first-order valence-corrected chi connectivity index (χ1v) is 8.16. The largest absolute Gasteiger partial charge is 0.482 e. The van der Waals surface area contributed by atoms with Crippen LogP contribution in [0.1, 0.15) is 19.8 Å². The average molecular weight is 350 g/mol. The minimum Gasteiger partial charge on any atom is -0.482 e. The van der Waals surface area contributed by atoms with Crippen LogP contribution in [0.2, 0.25) is 0 Å². The summed E-state index contributed by atoms with van der Waals surface area (Å²) in [5, 5.41) is 11.8. The lowest BCUT2D eigenvalue weighted by Crippen LogP contribution is -2.44. The van der Waals surface area contributed by atoms with E-state index in [0.717, 1.165) is 0 Å². The summed E-state index contributed by atoms with van der Waals surface area (Å²) in [5.74, 6) is -1.35. The topological polar surface area (TPSA) is 105 Å². The van der Waals surface area contributed by atoms with E-state index in [4.69, 9.17) is 14.6 Å². The van der Waals surface area contributed by atoms with Crippen molar-refractivity contribution in [1.29, 1.82) is 0 Å². The highest BCUT2D eigenvalue weighted by molar-refractivity contribution is 5.89. The van der Waals surface area contributed by atoms with Crippen LogP contribution in [0.5, 0.6) is 5.75 Å². The first-order chi connectivity index (χ1) is 12.0. The maximum Gasteiger partial charge on any atom is 0.344 e. The number of carbonyl (C=O) groups excluding carboxylic acids is 2. The van der Waals surface area contributed by atoms with E-state index in [1.165, 1.54) is 4.90 Å². The molecule has 2 N–H and O–H groups in total. The monoisotopic (exact) mass is 350 g/mol. The van der Waals surface area contributed by atoms with Gasteiger partial charge in [0.2, 0.25) is 0 Å². The third-order valence-electron chi connectivity index (χ3n) is 3.83. The van der Waals surface area contributed by atoms with Gasteiger partial charge in [0.05, 0.1) is 12.5 Å². The number of aliphatic carboxylic acids is 1. The van der Waals surface area contributed by atoms with Gasteiger partial charge in [-0.05, 0) is 44.0 Å². The lowest BCUT2D eigenvalue weighted by Gasteiger charge is -2.30. The molecule has 2 rings (SSSR count). The van der Waals surface area contributed by atoms with Gasteiger partial charge in [-0.25, -0.2) is 9.59 Å². The summed E-state index contributed by atoms with van der Waals surface area (Å²) in [6, 6.07) is 6.23. The number of anilines is 1. The van der Waals surface area contributed by atoms with Crippen LogP contribution in [0.15, 0.2) is 24.3 Å². The number of nitrogens with zero attached hydrogens (tertiary/aromatic N) is 1. The Balaban J connectivity index is 1.84. The molecule has 136 valence electrons. The van der Waals surface area contributed by atoms with Crippen LogP contribution in [0, 0.1) is 5.92 Å². The molecule has 1 unspecified atom stereocenters. The highest BCUT2D eigenvalue weighted by atomic mass is 16.6. The van der Waals surface area contributed by atoms with Crippen LogP contribution >= 0.6 is 0 Å². The normalized spacial score (nSPS) is 16.8. The number of carboxylic acid groups (broad SMARTS) is 1. The van der Waals surface area contributed by atoms with E-state index >= 15 is 0 Å². The number of esters is 1. The van der Waals surface area contributed by atoms with Crippen LogP contribution < -0.4 is 10.1 Å². The second-order valence-corrected chi connectivity index (χ2v) is 5.67. The maximum atomic E-state index is 12.2. The number of nitrogens with one attached hydrogen (secondary N) is 1. The van der Waals surface area contributed by atoms with Gasteiger partial charge in [-0.3, -0.25) is 4.79 Å². The van der Waals surface area contributed by atoms with E-state index in [1.807, 2.05) is 0 Å². The molecule has 0 aromatic heterocycles. The summed E-state index contributed by atoms with van der Waals surface area (Å²) >= 11 is 0. The second-order valence-electron chi connectivity index (χ2n) is 5.67. The van der Waals surface area contributed by atoms with Gasteiger partial charge in [-0.1, -0.05) is 0 Å². The van der Waals surface area contributed by atoms with E-state index in [0.29, 0.717) is 37.4 Å². The molecule has 1 heterocycles. The van der Waals surface area contributed by atoms with E-state index in [-0.39, 0.29) is 19.2 Å². The molecule has 25 heavy (non-hydrogen) atoms. The summed E-state index contributed by atoms with van der Waals surface area (Å²) in [4.78, 5) is 36.0. The smallest absolute Gasteiger partial charge is 0.344 e. The van der Waals surface area contributed by atoms with Gasteiger partial charge in [0.1, 0.15) is 5.75 Å². The van der Waals surface area contributed by atoms with Gasteiger partial charge in [0, 0.05) is 18.8 Å². The Labute approximate surface area is 145 Å². The van der Waals surface area contributed by atoms with Crippen molar-refractivity contribution in [2.75, 3.05) is 31.6 Å². The predicted molar refractivity (Wildman–Crippen MR) is 89.5 cm³/mol. The van der Waals surface area contributed by atoms with Crippen LogP contribution in [-0.2, 0) is 14.3 Å². The third-order valence-corrected chi connectivity index (χ3v) is 3.83. The fourth-order valence-corrected chi connectivity index (χ4v) is 2.55. The van der Waals surface area contributed by atoms with Gasteiger partial charge in [-0.2, -0.15) is 0 Å². The number of amides is 2. The van der Waals surface area contributed by atoms with Crippen molar-refractivity contribution in [3.63, 3.8) is 0 Å². The fourth-order valence-electron chi connectivity index (χ4n) is 2.55. The molecular weight excluding hydrogens is 328 g/mol. The Bertz CT molecular complexity index is 616. The Hall–Kier alpha value is -2.77. The second kappa shape index (κ2) is 8.91. The Morgan fingerprint density at radius 3 is 2.64 bits per heavy atom. The zero-order chi connectivity index (χ0) is 18.2. The van der Waals surface area contributed by atoms with Gasteiger partial charge in [0.25, 0.3) is 0 Å². The third kappa shape index (κ3) is 5.66. The zero-order valence-electron chi connectivity index (χ0n) is 14.1. The number of carbonyl (C=O) groups is 3. The first kappa shape index (κ1) is 18.6. The molecule has 0 spiro atoms. The molecule has 2 amide bonds. The molecule has 0 aliphatic carbocycles. The van der Waals surface area contributed by atoms with Gasteiger partial charge >= 0.3 is 18.0 Å². The molecule has 0 radical (unpaired) electrons. The fraction of sp³-hybridized carbons (Fsp3) is 0.471. The zero-order valence-corrected chi connectivity index (χ0v) is 14.1. The quantitative estimate of drug-likeness (QED) is 0.760. The van der Waals surface area contributed by atoms with Crippen molar-refractivity contribution in [2.24, 2.45) is 5.92 Å². The first-order valence-electron chi connectivity index (χ1n) is 8.16. The Morgan fingerprint density at radius 1 is 1.28 bits per heavy atom.